The van der Waals surface area contributed by atoms with Gasteiger partial charge in [0.25, 0.3) is 0 Å². The first-order valence-electron chi connectivity index (χ1n) is 4.70. The third kappa shape index (κ3) is 3.10. The van der Waals surface area contributed by atoms with Gasteiger partial charge in [-0.2, -0.15) is 0 Å². The van der Waals surface area contributed by atoms with Gasteiger partial charge in [0.15, 0.2) is 5.79 Å². The predicted molar refractivity (Wildman–Crippen MR) is 50.3 cm³/mol. The van der Waals surface area contributed by atoms with Crippen LogP contribution >= 0.6 is 0 Å². The molecule has 3 nitrogen and oxygen atoms in total. The second-order valence-corrected chi connectivity index (χ2v) is 3.61. The smallest absolute Gasteiger partial charge is 0.166 e. The van der Waals surface area contributed by atoms with E-state index in [9.17, 15) is 0 Å². The molecule has 1 N–H and O–H groups in total. The summed E-state index contributed by atoms with van der Waals surface area (Å²) in [4.78, 5) is 0. The topological polar surface area (TPSA) is 38.7 Å². The van der Waals surface area contributed by atoms with Crippen LogP contribution in [0.25, 0.3) is 0 Å². The first kappa shape index (κ1) is 10.7. The lowest BCUT2D eigenvalue weighted by molar-refractivity contribution is -0.157. The molecular formula is C10H18O3. The summed E-state index contributed by atoms with van der Waals surface area (Å²) in [6, 6.07) is 0. The van der Waals surface area contributed by atoms with Crippen molar-refractivity contribution in [3.63, 3.8) is 0 Å². The van der Waals surface area contributed by atoms with Gasteiger partial charge in [0.1, 0.15) is 0 Å². The number of ether oxygens (including phenoxy) is 2. The van der Waals surface area contributed by atoms with Crippen molar-refractivity contribution in [3.8, 4) is 0 Å². The maximum absolute atomic E-state index is 9.07. The van der Waals surface area contributed by atoms with Gasteiger partial charge < -0.3 is 14.6 Å². The van der Waals surface area contributed by atoms with E-state index < -0.39 is 5.79 Å². The Morgan fingerprint density at radius 3 is 2.62 bits per heavy atom. The first-order chi connectivity index (χ1) is 6.20. The molecule has 0 aromatic rings. The Balaban J connectivity index is 2.39. The molecule has 1 atom stereocenters. The molecule has 3 heteroatoms. The fourth-order valence-electron chi connectivity index (χ4n) is 1.66. The van der Waals surface area contributed by atoms with Crippen LogP contribution in [0.2, 0.25) is 0 Å². The van der Waals surface area contributed by atoms with Gasteiger partial charge >= 0.3 is 0 Å². The molecule has 76 valence electrons. The summed E-state index contributed by atoms with van der Waals surface area (Å²) in [5.74, 6) is -0.295. The van der Waals surface area contributed by atoms with E-state index in [1.807, 2.05) is 13.0 Å². The first-order valence-corrected chi connectivity index (χ1v) is 4.70. The molecule has 0 amide bonds. The zero-order chi connectivity index (χ0) is 9.73. The standard InChI is InChI=1S/C10H18O3/c1-3-4-9(8-11)7-10(2)12-5-6-13-10/h3,9,11H,1,4-8H2,2H3. The minimum Gasteiger partial charge on any atom is -0.396 e. The summed E-state index contributed by atoms with van der Waals surface area (Å²) in [7, 11) is 0. The van der Waals surface area contributed by atoms with Crippen LogP contribution in [-0.4, -0.2) is 30.7 Å². The average Bonchev–Trinajstić information content (AvgIpc) is 2.51. The van der Waals surface area contributed by atoms with Gasteiger partial charge in [0.2, 0.25) is 0 Å². The Labute approximate surface area is 79.3 Å². The number of hydrogen-bond donors (Lipinski definition) is 1. The molecule has 0 spiro atoms. The van der Waals surface area contributed by atoms with Crippen molar-refractivity contribution in [1.29, 1.82) is 0 Å². The van der Waals surface area contributed by atoms with Crippen molar-refractivity contribution in [2.24, 2.45) is 5.92 Å². The number of allylic oxidation sites excluding steroid dienone is 1. The highest BCUT2D eigenvalue weighted by Crippen LogP contribution is 2.27. The summed E-state index contributed by atoms with van der Waals surface area (Å²) in [5, 5.41) is 9.07. The highest BCUT2D eigenvalue weighted by Gasteiger charge is 2.33. The van der Waals surface area contributed by atoms with Crippen LogP contribution in [0.3, 0.4) is 0 Å². The highest BCUT2D eigenvalue weighted by atomic mass is 16.7. The van der Waals surface area contributed by atoms with Gasteiger partial charge in [0.05, 0.1) is 13.2 Å². The summed E-state index contributed by atoms with van der Waals surface area (Å²) in [6.45, 7) is 7.05. The monoisotopic (exact) mass is 186 g/mol. The molecular weight excluding hydrogens is 168 g/mol. The lowest BCUT2D eigenvalue weighted by Gasteiger charge is -2.26. The molecule has 1 saturated heterocycles. The number of hydrogen-bond acceptors (Lipinski definition) is 3. The lowest BCUT2D eigenvalue weighted by atomic mass is 9.97. The Bertz CT molecular complexity index is 162. The molecule has 0 aliphatic carbocycles. The van der Waals surface area contributed by atoms with Gasteiger partial charge in [0, 0.05) is 13.0 Å². The van der Waals surface area contributed by atoms with Gasteiger partial charge in [-0.3, -0.25) is 0 Å². The van der Waals surface area contributed by atoms with Gasteiger partial charge in [-0.05, 0) is 19.3 Å². The summed E-state index contributed by atoms with van der Waals surface area (Å²) < 4.78 is 10.9. The van der Waals surface area contributed by atoms with Crippen LogP contribution < -0.4 is 0 Å². The maximum Gasteiger partial charge on any atom is 0.166 e. The van der Waals surface area contributed by atoms with Crippen LogP contribution in [0.15, 0.2) is 12.7 Å². The van der Waals surface area contributed by atoms with Crippen molar-refractivity contribution in [2.45, 2.75) is 25.6 Å². The summed E-state index contributed by atoms with van der Waals surface area (Å²) in [6.07, 6.45) is 3.35. The van der Waals surface area contributed by atoms with Crippen molar-refractivity contribution in [3.05, 3.63) is 12.7 Å². The van der Waals surface area contributed by atoms with E-state index in [0.717, 1.165) is 12.8 Å². The highest BCUT2D eigenvalue weighted by molar-refractivity contribution is 4.78. The molecule has 1 unspecified atom stereocenters. The van der Waals surface area contributed by atoms with E-state index in [1.165, 1.54) is 0 Å². The largest absolute Gasteiger partial charge is 0.396 e. The third-order valence-electron chi connectivity index (χ3n) is 2.32. The minimum atomic E-state index is -0.490. The van der Waals surface area contributed by atoms with Gasteiger partial charge in [-0.25, -0.2) is 0 Å². The molecule has 0 radical (unpaired) electrons. The van der Waals surface area contributed by atoms with E-state index in [0.29, 0.717) is 13.2 Å². The number of rotatable bonds is 5. The molecule has 0 bridgehead atoms. The van der Waals surface area contributed by atoms with Crippen molar-refractivity contribution in [2.75, 3.05) is 19.8 Å². The molecule has 0 saturated carbocycles. The zero-order valence-electron chi connectivity index (χ0n) is 8.16. The predicted octanol–water partition coefficient (Wildman–Crippen LogP) is 1.32. The molecule has 13 heavy (non-hydrogen) atoms. The second-order valence-electron chi connectivity index (χ2n) is 3.61. The van der Waals surface area contributed by atoms with Crippen molar-refractivity contribution >= 4 is 0 Å². The quantitative estimate of drug-likeness (QED) is 0.658. The molecule has 1 heterocycles. The SMILES string of the molecule is C=CCC(CO)CC1(C)OCCO1. The maximum atomic E-state index is 9.07. The fourth-order valence-corrected chi connectivity index (χ4v) is 1.66. The second kappa shape index (κ2) is 4.74. The zero-order valence-corrected chi connectivity index (χ0v) is 8.16. The molecule has 1 fully saturated rings. The number of aliphatic hydroxyl groups excluding tert-OH is 1. The van der Waals surface area contributed by atoms with Crippen LogP contribution in [0.4, 0.5) is 0 Å². The van der Waals surface area contributed by atoms with Crippen LogP contribution in [-0.2, 0) is 9.47 Å². The lowest BCUT2D eigenvalue weighted by Crippen LogP contribution is -2.29. The van der Waals surface area contributed by atoms with Gasteiger partial charge in [-0.15, -0.1) is 6.58 Å². The molecule has 1 rings (SSSR count). The van der Waals surface area contributed by atoms with Crippen molar-refractivity contribution < 1.29 is 14.6 Å². The van der Waals surface area contributed by atoms with E-state index in [2.05, 4.69) is 6.58 Å². The Morgan fingerprint density at radius 2 is 2.15 bits per heavy atom. The van der Waals surface area contributed by atoms with Crippen LogP contribution in [0, 0.1) is 5.92 Å². The Kier molecular flexibility index (Phi) is 3.90. The van der Waals surface area contributed by atoms with E-state index >= 15 is 0 Å². The van der Waals surface area contributed by atoms with Crippen LogP contribution in [0.5, 0.6) is 0 Å². The fraction of sp³-hybridized carbons (Fsp3) is 0.800. The minimum absolute atomic E-state index is 0.161. The number of aliphatic hydroxyl groups is 1. The molecule has 0 aromatic heterocycles. The molecule has 0 aromatic carbocycles. The van der Waals surface area contributed by atoms with E-state index in [1.54, 1.807) is 0 Å². The van der Waals surface area contributed by atoms with E-state index in [-0.39, 0.29) is 12.5 Å². The molecule has 1 aliphatic heterocycles. The van der Waals surface area contributed by atoms with Crippen molar-refractivity contribution in [1.82, 2.24) is 0 Å². The van der Waals surface area contributed by atoms with E-state index in [4.69, 9.17) is 14.6 Å². The third-order valence-corrected chi connectivity index (χ3v) is 2.32. The van der Waals surface area contributed by atoms with Gasteiger partial charge in [-0.1, -0.05) is 6.08 Å². The average molecular weight is 186 g/mol. The normalized spacial score (nSPS) is 22.9. The van der Waals surface area contributed by atoms with Crippen LogP contribution in [0.1, 0.15) is 19.8 Å². The Hall–Kier alpha value is -0.380. The summed E-state index contributed by atoms with van der Waals surface area (Å²) >= 11 is 0. The Morgan fingerprint density at radius 1 is 1.54 bits per heavy atom. The summed E-state index contributed by atoms with van der Waals surface area (Å²) in [5.41, 5.74) is 0. The molecule has 1 aliphatic rings.